The third kappa shape index (κ3) is 3.61. The van der Waals surface area contributed by atoms with Crippen molar-refractivity contribution < 1.29 is 9.59 Å². The summed E-state index contributed by atoms with van der Waals surface area (Å²) < 4.78 is 2.61. The molecule has 1 N–H and O–H groups in total. The molecule has 0 saturated carbocycles. The zero-order chi connectivity index (χ0) is 20.0. The topological polar surface area (TPSA) is 61.8 Å². The molecule has 5 rings (SSSR count). The summed E-state index contributed by atoms with van der Waals surface area (Å²) in [6.45, 7) is 0. The van der Waals surface area contributed by atoms with Crippen LogP contribution in [0.2, 0.25) is 0 Å². The Bertz CT molecular complexity index is 1190. The summed E-state index contributed by atoms with van der Waals surface area (Å²) in [6.07, 6.45) is 1.71. The maximum absolute atomic E-state index is 12.2. The number of para-hydroxylation sites is 2. The quantitative estimate of drug-likeness (QED) is 0.211. The van der Waals surface area contributed by atoms with Crippen LogP contribution < -0.4 is 10.2 Å². The van der Waals surface area contributed by atoms with Crippen LogP contribution in [0.1, 0.15) is 3.58 Å². The van der Waals surface area contributed by atoms with Gasteiger partial charge in [0, 0.05) is 0 Å². The molecule has 2 amide bonds. The molecule has 0 spiro atoms. The fraction of sp³-hybridized carbons (Fsp3) is 0. The SMILES string of the molecule is O=C1N=C([Te])NC(=O)/C1=C\c1ccc(N2c3ccccc3Sc3ccccc32)[te]1. The van der Waals surface area contributed by atoms with E-state index in [2.05, 4.69) is 69.8 Å². The third-order valence-corrected chi connectivity index (χ3v) is 9.04. The molecule has 0 aliphatic carbocycles. The second kappa shape index (κ2) is 7.79. The van der Waals surface area contributed by atoms with Gasteiger partial charge in [-0.05, 0) is 0 Å². The van der Waals surface area contributed by atoms with Gasteiger partial charge in [-0.25, -0.2) is 0 Å². The summed E-state index contributed by atoms with van der Waals surface area (Å²) in [6, 6.07) is 20.9. The van der Waals surface area contributed by atoms with Crippen LogP contribution in [0.15, 0.2) is 81.0 Å². The number of amides is 2. The van der Waals surface area contributed by atoms with Crippen molar-refractivity contribution in [2.24, 2.45) is 4.99 Å². The second-order valence-corrected chi connectivity index (χ2v) is 11.6. The molecule has 1 aromatic heterocycles. The molecule has 29 heavy (non-hydrogen) atoms. The van der Waals surface area contributed by atoms with Gasteiger partial charge in [-0.3, -0.25) is 0 Å². The van der Waals surface area contributed by atoms with E-state index in [1.54, 1.807) is 17.8 Å². The zero-order valence-corrected chi connectivity index (χ0v) is 20.3. The van der Waals surface area contributed by atoms with Gasteiger partial charge in [-0.1, -0.05) is 0 Å². The van der Waals surface area contributed by atoms with Gasteiger partial charge in [0.1, 0.15) is 0 Å². The van der Waals surface area contributed by atoms with Crippen molar-refractivity contribution in [3.63, 3.8) is 0 Å². The molecule has 3 aromatic rings. The Hall–Kier alpha value is -1.80. The van der Waals surface area contributed by atoms with Gasteiger partial charge >= 0.3 is 196 Å². The summed E-state index contributed by atoms with van der Waals surface area (Å²) in [5, 5.41) is 2.62. The first-order chi connectivity index (χ1) is 14.1. The minimum atomic E-state index is -0.778. The molecule has 3 heterocycles. The van der Waals surface area contributed by atoms with Crippen molar-refractivity contribution in [3.8, 4) is 0 Å². The Morgan fingerprint density at radius 2 is 1.62 bits per heavy atom. The molecule has 8 heteroatoms. The summed E-state index contributed by atoms with van der Waals surface area (Å²) in [5.74, 6) is -0.849. The number of nitrogens with one attached hydrogen (secondary N) is 1. The average molecular weight is 626 g/mol. The van der Waals surface area contributed by atoms with Gasteiger partial charge in [0.2, 0.25) is 0 Å². The first-order valence-corrected chi connectivity index (χ1v) is 13.0. The molecule has 2 aliphatic rings. The van der Waals surface area contributed by atoms with Crippen LogP contribution >= 0.6 is 11.8 Å². The molecule has 5 nitrogen and oxygen atoms in total. The summed E-state index contributed by atoms with van der Waals surface area (Å²) in [5.41, 5.74) is 2.45. The number of carbonyl (C=O) groups excluding carboxylic acids is 2. The van der Waals surface area contributed by atoms with Crippen LogP contribution in [-0.4, -0.2) is 58.4 Å². The van der Waals surface area contributed by atoms with Gasteiger partial charge in [0.25, 0.3) is 0 Å². The number of carbonyl (C=O) groups is 2. The molecular weight excluding hydrogens is 614 g/mol. The van der Waals surface area contributed by atoms with E-state index in [9.17, 15) is 9.59 Å². The molecule has 141 valence electrons. The van der Waals surface area contributed by atoms with Crippen LogP contribution in [0.3, 0.4) is 0 Å². The predicted octanol–water partition coefficient (Wildman–Crippen LogP) is 3.24. The molecule has 1 radical (unpaired) electrons. The number of aliphatic imine (C=N–C) groups is 1. The van der Waals surface area contributed by atoms with Crippen molar-refractivity contribution >= 4 is 91.3 Å². The number of hydrogen-bond acceptors (Lipinski definition) is 4. The van der Waals surface area contributed by atoms with E-state index in [-0.39, 0.29) is 11.5 Å². The van der Waals surface area contributed by atoms with Crippen LogP contribution in [0.25, 0.3) is 6.08 Å². The van der Waals surface area contributed by atoms with Crippen molar-refractivity contribution in [2.75, 3.05) is 4.90 Å². The van der Waals surface area contributed by atoms with Crippen LogP contribution in [0.4, 0.5) is 15.1 Å². The molecule has 0 unspecified atom stereocenters. The van der Waals surface area contributed by atoms with Gasteiger partial charge in [0.15, 0.2) is 0 Å². The van der Waals surface area contributed by atoms with Crippen molar-refractivity contribution in [1.29, 1.82) is 0 Å². The maximum atomic E-state index is 12.2. The van der Waals surface area contributed by atoms with Crippen LogP contribution in [0.5, 0.6) is 0 Å². The second-order valence-electron chi connectivity index (χ2n) is 6.28. The number of anilines is 3. The number of amidine groups is 1. The van der Waals surface area contributed by atoms with Crippen LogP contribution in [-0.2, 0) is 9.59 Å². The molecule has 0 bridgehead atoms. The number of benzene rings is 2. The first kappa shape index (κ1) is 19.2. The number of fused-ring (bicyclic) bond motifs is 2. The Morgan fingerprint density at radius 1 is 0.966 bits per heavy atom. The fourth-order valence-electron chi connectivity index (χ4n) is 3.19. The monoisotopic (exact) mass is 630 g/mol. The molecule has 0 saturated heterocycles. The van der Waals surface area contributed by atoms with E-state index < -0.39 is 26.3 Å². The summed E-state index contributed by atoms with van der Waals surface area (Å²) in [4.78, 5) is 33.0. The van der Waals surface area contributed by atoms with E-state index in [0.29, 0.717) is 3.88 Å². The Balaban J connectivity index is 1.58. The van der Waals surface area contributed by atoms with E-state index in [0.717, 1.165) is 3.58 Å². The third-order valence-electron chi connectivity index (χ3n) is 4.45. The van der Waals surface area contributed by atoms with E-state index in [1.165, 1.54) is 47.2 Å². The number of rotatable bonds is 2. The van der Waals surface area contributed by atoms with Crippen molar-refractivity contribution in [3.05, 3.63) is 69.8 Å². The fourth-order valence-corrected chi connectivity index (χ4v) is 7.55. The van der Waals surface area contributed by atoms with Crippen molar-refractivity contribution in [1.82, 2.24) is 5.32 Å². The van der Waals surface area contributed by atoms with Crippen molar-refractivity contribution in [2.45, 2.75) is 9.79 Å². The van der Waals surface area contributed by atoms with Gasteiger partial charge in [-0.15, -0.1) is 0 Å². The Kier molecular flexibility index (Phi) is 5.16. The molecule has 2 aliphatic heterocycles. The van der Waals surface area contributed by atoms with Gasteiger partial charge in [0.05, 0.1) is 0 Å². The molecule has 0 atom stereocenters. The molecule has 0 fully saturated rings. The van der Waals surface area contributed by atoms with Crippen LogP contribution in [0, 0.1) is 0 Å². The standard InChI is InChI=1S/C21H12N3O2STe2/c25-19-13(20(26)23-21(28)22-19)11-12-9-10-18(29-12)24-14-5-1-3-7-16(14)27-17-8-4-2-6-15(17)24/h1-11H,(H,22,23,25,26). The van der Waals surface area contributed by atoms with E-state index in [1.807, 2.05) is 6.07 Å². The minimum absolute atomic E-state index is 0.110. The summed E-state index contributed by atoms with van der Waals surface area (Å²) in [7, 11) is 0. The van der Waals surface area contributed by atoms with E-state index in [4.69, 9.17) is 0 Å². The van der Waals surface area contributed by atoms with Gasteiger partial charge in [-0.2, -0.15) is 0 Å². The predicted molar refractivity (Wildman–Crippen MR) is 117 cm³/mol. The summed E-state index contributed by atoms with van der Waals surface area (Å²) >= 11 is 2.54. The number of hydrogen-bond donors (Lipinski definition) is 1. The van der Waals surface area contributed by atoms with Gasteiger partial charge < -0.3 is 0 Å². The average Bonchev–Trinajstić information content (AvgIpc) is 3.17. The zero-order valence-electron chi connectivity index (χ0n) is 14.8. The molecule has 2 aromatic carbocycles. The van der Waals surface area contributed by atoms with E-state index >= 15 is 0 Å². The Labute approximate surface area is 194 Å². The molecular formula is C21H12N3O2STe2. The first-order valence-electron chi connectivity index (χ1n) is 8.69. The Morgan fingerprint density at radius 3 is 2.28 bits per heavy atom. The normalized spacial score (nSPS) is 16.9. The number of nitrogens with zero attached hydrogens (tertiary/aromatic N) is 2.